The highest BCUT2D eigenvalue weighted by Crippen LogP contribution is 2.26. The molecule has 0 unspecified atom stereocenters. The molecule has 0 radical (unpaired) electrons. The number of aliphatic carboxylic acids is 1. The van der Waals surface area contributed by atoms with Crippen molar-refractivity contribution in [2.45, 2.75) is 12.8 Å². The monoisotopic (exact) mass is 426 g/mol. The van der Waals surface area contributed by atoms with Gasteiger partial charge in [-0.25, -0.2) is 0 Å². The topological polar surface area (TPSA) is 46.5 Å². The first-order valence-electron chi connectivity index (χ1n) is 9.17. The maximum atomic E-state index is 10.7. The fourth-order valence-corrected chi connectivity index (χ4v) is 3.14. The Labute approximate surface area is 180 Å². The lowest BCUT2D eigenvalue weighted by atomic mass is 9.98. The predicted molar refractivity (Wildman–Crippen MR) is 118 cm³/mol. The second kappa shape index (κ2) is 10.1. The zero-order valence-electron chi connectivity index (χ0n) is 15.6. The van der Waals surface area contributed by atoms with Crippen molar-refractivity contribution in [1.29, 1.82) is 0 Å². The number of hydrogen-bond acceptors (Lipinski definition) is 2. The van der Waals surface area contributed by atoms with E-state index in [1.165, 1.54) is 0 Å². The number of hydrogen-bond donors (Lipinski definition) is 1. The van der Waals surface area contributed by atoms with Crippen LogP contribution in [0.25, 0.3) is 5.57 Å². The molecular formula is C24H20Cl2O3. The quantitative estimate of drug-likeness (QED) is 0.445. The van der Waals surface area contributed by atoms with Crippen LogP contribution in [0.5, 0.6) is 5.75 Å². The molecule has 3 rings (SSSR count). The van der Waals surface area contributed by atoms with E-state index in [9.17, 15) is 4.79 Å². The molecule has 1 N–H and O–H groups in total. The zero-order chi connectivity index (χ0) is 20.6. The fraction of sp³-hybridized carbons (Fsp3) is 0.125. The van der Waals surface area contributed by atoms with E-state index in [2.05, 4.69) is 0 Å². The predicted octanol–water partition coefficient (Wildman–Crippen LogP) is 6.52. The Balaban J connectivity index is 1.73. The molecule has 0 saturated carbocycles. The van der Waals surface area contributed by atoms with Crippen molar-refractivity contribution in [3.05, 3.63) is 106 Å². The van der Waals surface area contributed by atoms with Gasteiger partial charge in [0.1, 0.15) is 12.4 Å². The summed E-state index contributed by atoms with van der Waals surface area (Å²) in [4.78, 5) is 10.7. The zero-order valence-corrected chi connectivity index (χ0v) is 17.2. The van der Waals surface area contributed by atoms with Crippen LogP contribution in [0.4, 0.5) is 0 Å². The summed E-state index contributed by atoms with van der Waals surface area (Å²) in [5.74, 6) is -0.0701. The van der Waals surface area contributed by atoms with E-state index >= 15 is 0 Å². The Kier molecular flexibility index (Phi) is 7.34. The molecule has 0 fully saturated rings. The highest BCUT2D eigenvalue weighted by atomic mass is 35.5. The van der Waals surface area contributed by atoms with Crippen LogP contribution in [0, 0.1) is 0 Å². The van der Waals surface area contributed by atoms with Gasteiger partial charge in [-0.3, -0.25) is 4.79 Å². The molecule has 3 aromatic carbocycles. The van der Waals surface area contributed by atoms with Crippen LogP contribution in [0.2, 0.25) is 10.0 Å². The Morgan fingerprint density at radius 1 is 0.828 bits per heavy atom. The minimum Gasteiger partial charge on any atom is -0.490 e. The van der Waals surface area contributed by atoms with Gasteiger partial charge < -0.3 is 9.84 Å². The van der Waals surface area contributed by atoms with E-state index in [0.29, 0.717) is 23.1 Å². The van der Waals surface area contributed by atoms with Crippen LogP contribution in [0.3, 0.4) is 0 Å². The standard InChI is InChI=1S/C24H20Cl2O3/c25-20-8-4-18(5-9-20)23(19-6-10-21(26)11-7-19)15-16-29-22-12-1-17(2-13-22)3-14-24(27)28/h1-2,4-13,15H,3,14,16H2,(H,27,28). The van der Waals surface area contributed by atoms with E-state index < -0.39 is 5.97 Å². The summed E-state index contributed by atoms with van der Waals surface area (Å²) in [5.41, 5.74) is 4.06. The molecule has 0 aliphatic rings. The summed E-state index contributed by atoms with van der Waals surface area (Å²) in [7, 11) is 0. The summed E-state index contributed by atoms with van der Waals surface area (Å²) in [5, 5.41) is 10.1. The SMILES string of the molecule is O=C(O)CCc1ccc(OCC=C(c2ccc(Cl)cc2)c2ccc(Cl)cc2)cc1. The summed E-state index contributed by atoms with van der Waals surface area (Å²) in [6.07, 6.45) is 2.64. The number of carboxylic acid groups (broad SMARTS) is 1. The number of carboxylic acids is 1. The van der Waals surface area contributed by atoms with Gasteiger partial charge in [-0.15, -0.1) is 0 Å². The number of benzene rings is 3. The average molecular weight is 427 g/mol. The minimum absolute atomic E-state index is 0.120. The number of aryl methyl sites for hydroxylation is 1. The van der Waals surface area contributed by atoms with Gasteiger partial charge in [0, 0.05) is 16.5 Å². The molecule has 0 aliphatic heterocycles. The van der Waals surface area contributed by atoms with E-state index in [1.807, 2.05) is 78.9 Å². The highest BCUT2D eigenvalue weighted by molar-refractivity contribution is 6.31. The first-order valence-corrected chi connectivity index (χ1v) is 9.92. The van der Waals surface area contributed by atoms with Gasteiger partial charge in [0.05, 0.1) is 0 Å². The second-order valence-electron chi connectivity index (χ2n) is 6.48. The smallest absolute Gasteiger partial charge is 0.303 e. The molecule has 0 spiro atoms. The van der Waals surface area contributed by atoms with Crippen LogP contribution < -0.4 is 4.74 Å². The first kappa shape index (κ1) is 21.0. The highest BCUT2D eigenvalue weighted by Gasteiger charge is 2.06. The number of carbonyl (C=O) groups is 1. The lowest BCUT2D eigenvalue weighted by Crippen LogP contribution is -1.99. The van der Waals surface area contributed by atoms with Crippen LogP contribution in [0.1, 0.15) is 23.1 Å². The van der Waals surface area contributed by atoms with E-state index in [1.54, 1.807) is 0 Å². The average Bonchev–Trinajstić information content (AvgIpc) is 2.72. The van der Waals surface area contributed by atoms with Crippen molar-refractivity contribution in [3.8, 4) is 5.75 Å². The molecule has 5 heteroatoms. The second-order valence-corrected chi connectivity index (χ2v) is 7.35. The van der Waals surface area contributed by atoms with Gasteiger partial charge >= 0.3 is 5.97 Å². The molecule has 0 aliphatic carbocycles. The van der Waals surface area contributed by atoms with Crippen LogP contribution >= 0.6 is 23.2 Å². The first-order chi connectivity index (χ1) is 14.0. The van der Waals surface area contributed by atoms with Gasteiger partial charge in [-0.1, -0.05) is 59.6 Å². The lowest BCUT2D eigenvalue weighted by Gasteiger charge is -2.11. The third-order valence-corrected chi connectivity index (χ3v) is 4.90. The molecular weight excluding hydrogens is 407 g/mol. The van der Waals surface area contributed by atoms with E-state index in [-0.39, 0.29) is 6.42 Å². The van der Waals surface area contributed by atoms with Crippen molar-refractivity contribution in [1.82, 2.24) is 0 Å². The Morgan fingerprint density at radius 3 is 1.83 bits per heavy atom. The fourth-order valence-electron chi connectivity index (χ4n) is 2.89. The van der Waals surface area contributed by atoms with E-state index in [0.717, 1.165) is 28.0 Å². The van der Waals surface area contributed by atoms with Crippen LogP contribution in [-0.4, -0.2) is 17.7 Å². The largest absolute Gasteiger partial charge is 0.490 e. The normalized spacial score (nSPS) is 10.4. The molecule has 3 aromatic rings. The van der Waals surface area contributed by atoms with Gasteiger partial charge in [-0.2, -0.15) is 0 Å². The summed E-state index contributed by atoms with van der Waals surface area (Å²) in [6, 6.07) is 22.8. The summed E-state index contributed by atoms with van der Waals surface area (Å²) in [6.45, 7) is 0.384. The maximum absolute atomic E-state index is 10.7. The third-order valence-electron chi connectivity index (χ3n) is 4.40. The Bertz CT molecular complexity index is 929. The Morgan fingerprint density at radius 2 is 1.34 bits per heavy atom. The molecule has 0 atom stereocenters. The van der Waals surface area contributed by atoms with Crippen molar-refractivity contribution >= 4 is 34.7 Å². The lowest BCUT2D eigenvalue weighted by molar-refractivity contribution is -0.136. The summed E-state index contributed by atoms with van der Waals surface area (Å²) < 4.78 is 5.86. The molecule has 0 aromatic heterocycles. The van der Waals surface area contributed by atoms with Crippen molar-refractivity contribution in [2.24, 2.45) is 0 Å². The molecule has 29 heavy (non-hydrogen) atoms. The van der Waals surface area contributed by atoms with Gasteiger partial charge in [0.25, 0.3) is 0 Å². The summed E-state index contributed by atoms with van der Waals surface area (Å²) >= 11 is 12.1. The van der Waals surface area contributed by atoms with Crippen molar-refractivity contribution in [3.63, 3.8) is 0 Å². The maximum Gasteiger partial charge on any atom is 0.303 e. The molecule has 0 saturated heterocycles. The van der Waals surface area contributed by atoms with Crippen molar-refractivity contribution < 1.29 is 14.6 Å². The van der Waals surface area contributed by atoms with Gasteiger partial charge in [-0.05, 0) is 71.2 Å². The molecule has 0 heterocycles. The van der Waals surface area contributed by atoms with Crippen LogP contribution in [-0.2, 0) is 11.2 Å². The Hall–Kier alpha value is -2.75. The van der Waals surface area contributed by atoms with Gasteiger partial charge in [0.15, 0.2) is 0 Å². The molecule has 0 bridgehead atoms. The number of rotatable bonds is 8. The van der Waals surface area contributed by atoms with Gasteiger partial charge in [0.2, 0.25) is 0 Å². The number of halogens is 2. The molecule has 148 valence electrons. The minimum atomic E-state index is -0.799. The third kappa shape index (κ3) is 6.38. The molecule has 3 nitrogen and oxygen atoms in total. The number of ether oxygens (including phenoxy) is 1. The molecule has 0 amide bonds. The van der Waals surface area contributed by atoms with E-state index in [4.69, 9.17) is 33.0 Å². The van der Waals surface area contributed by atoms with Crippen molar-refractivity contribution in [2.75, 3.05) is 6.61 Å². The van der Waals surface area contributed by atoms with Crippen LogP contribution in [0.15, 0.2) is 78.9 Å².